The summed E-state index contributed by atoms with van der Waals surface area (Å²) in [5.41, 5.74) is 2.11. The fraction of sp³-hybridized carbons (Fsp3) is 0.467. The fourth-order valence-corrected chi connectivity index (χ4v) is 2.91. The molecule has 0 unspecified atom stereocenters. The van der Waals surface area contributed by atoms with Crippen LogP contribution in [0.25, 0.3) is 11.0 Å². The summed E-state index contributed by atoms with van der Waals surface area (Å²) >= 11 is 1.50. The predicted molar refractivity (Wildman–Crippen MR) is 84.0 cm³/mol. The Morgan fingerprint density at radius 1 is 1.40 bits per heavy atom. The lowest BCUT2D eigenvalue weighted by atomic mass is 10.3. The molecule has 0 aliphatic carbocycles. The third kappa shape index (κ3) is 3.33. The van der Waals surface area contributed by atoms with Gasteiger partial charge in [-0.05, 0) is 32.4 Å². The van der Waals surface area contributed by atoms with Gasteiger partial charge in [0.2, 0.25) is 5.91 Å². The average Bonchev–Trinajstić information content (AvgIpc) is 2.82. The van der Waals surface area contributed by atoms with Gasteiger partial charge in [0.1, 0.15) is 0 Å². The second kappa shape index (κ2) is 6.79. The molecule has 0 aliphatic heterocycles. The van der Waals surface area contributed by atoms with Crippen molar-refractivity contribution in [2.45, 2.75) is 44.9 Å². The van der Waals surface area contributed by atoms with Gasteiger partial charge in [-0.1, -0.05) is 30.8 Å². The highest BCUT2D eigenvalue weighted by atomic mass is 32.2. The van der Waals surface area contributed by atoms with E-state index in [-0.39, 0.29) is 11.9 Å². The first-order valence-corrected chi connectivity index (χ1v) is 8.01. The molecule has 0 saturated heterocycles. The van der Waals surface area contributed by atoms with E-state index in [1.165, 1.54) is 11.8 Å². The summed E-state index contributed by atoms with van der Waals surface area (Å²) in [5.74, 6) is 0.479. The van der Waals surface area contributed by atoms with Crippen LogP contribution in [0, 0.1) is 0 Å². The number of carbonyl (C=O) groups is 1. The quantitative estimate of drug-likeness (QED) is 0.832. The smallest absolute Gasteiger partial charge is 0.230 e. The Kier molecular flexibility index (Phi) is 5.06. The molecule has 2 aromatic rings. The molecule has 0 bridgehead atoms. The minimum Gasteiger partial charge on any atom is -0.353 e. The van der Waals surface area contributed by atoms with E-state index in [0.717, 1.165) is 29.2 Å². The van der Waals surface area contributed by atoms with Crippen molar-refractivity contribution in [3.63, 3.8) is 0 Å². The highest BCUT2D eigenvalue weighted by molar-refractivity contribution is 7.99. The summed E-state index contributed by atoms with van der Waals surface area (Å²) in [5, 5.41) is 3.88. The molecule has 0 saturated carbocycles. The number of nitrogens with one attached hydrogen (secondary N) is 1. The Morgan fingerprint density at radius 2 is 2.15 bits per heavy atom. The van der Waals surface area contributed by atoms with Gasteiger partial charge in [-0.15, -0.1) is 0 Å². The van der Waals surface area contributed by atoms with Crippen LogP contribution in [0.2, 0.25) is 0 Å². The molecule has 1 heterocycles. The summed E-state index contributed by atoms with van der Waals surface area (Å²) < 4.78 is 2.15. The Hall–Kier alpha value is -1.49. The normalized spacial score (nSPS) is 12.6. The zero-order valence-corrected chi connectivity index (χ0v) is 13.0. The van der Waals surface area contributed by atoms with Crippen LogP contribution in [0.4, 0.5) is 0 Å². The number of fused-ring (bicyclic) bond motifs is 1. The predicted octanol–water partition coefficient (Wildman–Crippen LogP) is 3.06. The first-order chi connectivity index (χ1) is 9.65. The zero-order valence-electron chi connectivity index (χ0n) is 12.2. The van der Waals surface area contributed by atoms with Gasteiger partial charge in [0.25, 0.3) is 0 Å². The van der Waals surface area contributed by atoms with Crippen LogP contribution in [-0.4, -0.2) is 27.3 Å². The monoisotopic (exact) mass is 291 g/mol. The molecule has 2 rings (SSSR count). The topological polar surface area (TPSA) is 46.9 Å². The second-order valence-corrected chi connectivity index (χ2v) is 5.74. The van der Waals surface area contributed by atoms with Gasteiger partial charge in [-0.25, -0.2) is 4.98 Å². The molecule has 4 nitrogen and oxygen atoms in total. The van der Waals surface area contributed by atoms with Crippen LogP contribution < -0.4 is 5.32 Å². The lowest BCUT2D eigenvalue weighted by molar-refractivity contribution is -0.119. The molecule has 0 radical (unpaired) electrons. The van der Waals surface area contributed by atoms with Gasteiger partial charge >= 0.3 is 0 Å². The number of carbonyl (C=O) groups excluding carboxylic acids is 1. The van der Waals surface area contributed by atoms with Crippen LogP contribution >= 0.6 is 11.8 Å². The van der Waals surface area contributed by atoms with E-state index in [9.17, 15) is 4.79 Å². The largest absolute Gasteiger partial charge is 0.353 e. The highest BCUT2D eigenvalue weighted by Crippen LogP contribution is 2.23. The second-order valence-electron chi connectivity index (χ2n) is 4.79. The molecule has 108 valence electrons. The van der Waals surface area contributed by atoms with Crippen molar-refractivity contribution in [2.24, 2.45) is 0 Å². The van der Waals surface area contributed by atoms with Gasteiger partial charge in [0, 0.05) is 12.6 Å². The Labute approximate surface area is 124 Å². The van der Waals surface area contributed by atoms with Crippen molar-refractivity contribution in [3.8, 4) is 0 Å². The number of nitrogens with zero attached hydrogens (tertiary/aromatic N) is 2. The van der Waals surface area contributed by atoms with E-state index >= 15 is 0 Å². The molecule has 1 aromatic heterocycles. The summed E-state index contributed by atoms with van der Waals surface area (Å²) in [6.45, 7) is 7.03. The van der Waals surface area contributed by atoms with Gasteiger partial charge in [-0.2, -0.15) is 0 Å². The standard InChI is InChI=1S/C15H21N3OS/c1-4-11(3)16-14(19)10-20-15-17-12-8-6-7-9-13(12)18(15)5-2/h6-9,11H,4-5,10H2,1-3H3,(H,16,19)/t11-/m1/s1. The van der Waals surface area contributed by atoms with Crippen LogP contribution in [0.5, 0.6) is 0 Å². The minimum atomic E-state index is 0.0686. The Morgan fingerprint density at radius 3 is 2.85 bits per heavy atom. The summed E-state index contributed by atoms with van der Waals surface area (Å²) in [4.78, 5) is 16.4. The van der Waals surface area contributed by atoms with Crippen LogP contribution in [0.15, 0.2) is 29.4 Å². The number of para-hydroxylation sites is 2. The van der Waals surface area contributed by atoms with E-state index in [1.54, 1.807) is 0 Å². The van der Waals surface area contributed by atoms with Crippen molar-refractivity contribution >= 4 is 28.7 Å². The SMILES string of the molecule is CC[C@@H](C)NC(=O)CSc1nc2ccccc2n1CC. The molecule has 0 spiro atoms. The van der Waals surface area contributed by atoms with Gasteiger partial charge in [-0.3, -0.25) is 4.79 Å². The van der Waals surface area contributed by atoms with Crippen molar-refractivity contribution < 1.29 is 4.79 Å². The van der Waals surface area contributed by atoms with Crippen molar-refractivity contribution in [2.75, 3.05) is 5.75 Å². The molecule has 1 amide bonds. The summed E-state index contributed by atoms with van der Waals surface area (Å²) in [6, 6.07) is 8.30. The average molecular weight is 291 g/mol. The molecule has 1 atom stereocenters. The van der Waals surface area contributed by atoms with Crippen molar-refractivity contribution in [1.29, 1.82) is 0 Å². The maximum Gasteiger partial charge on any atom is 0.230 e. The number of benzene rings is 1. The minimum absolute atomic E-state index is 0.0686. The zero-order chi connectivity index (χ0) is 14.5. The number of aromatic nitrogens is 2. The van der Waals surface area contributed by atoms with E-state index in [1.807, 2.05) is 25.1 Å². The number of hydrogen-bond donors (Lipinski definition) is 1. The maximum atomic E-state index is 11.8. The van der Waals surface area contributed by atoms with E-state index in [0.29, 0.717) is 5.75 Å². The maximum absolute atomic E-state index is 11.8. The van der Waals surface area contributed by atoms with Crippen molar-refractivity contribution in [1.82, 2.24) is 14.9 Å². The summed E-state index contributed by atoms with van der Waals surface area (Å²) in [7, 11) is 0. The molecule has 1 N–H and O–H groups in total. The molecule has 0 fully saturated rings. The third-order valence-electron chi connectivity index (χ3n) is 3.29. The first-order valence-electron chi connectivity index (χ1n) is 7.03. The van der Waals surface area contributed by atoms with Crippen LogP contribution in [0.3, 0.4) is 0 Å². The number of rotatable bonds is 6. The summed E-state index contributed by atoms with van der Waals surface area (Å²) in [6.07, 6.45) is 0.948. The Balaban J connectivity index is 2.08. The van der Waals surface area contributed by atoms with Crippen LogP contribution in [0.1, 0.15) is 27.2 Å². The first kappa shape index (κ1) is 14.9. The lowest BCUT2D eigenvalue weighted by Gasteiger charge is -2.11. The van der Waals surface area contributed by atoms with E-state index in [2.05, 4.69) is 34.8 Å². The van der Waals surface area contributed by atoms with Crippen LogP contribution in [-0.2, 0) is 11.3 Å². The highest BCUT2D eigenvalue weighted by Gasteiger charge is 2.12. The number of hydrogen-bond acceptors (Lipinski definition) is 3. The van der Waals surface area contributed by atoms with Gasteiger partial charge < -0.3 is 9.88 Å². The number of amides is 1. The third-order valence-corrected chi connectivity index (χ3v) is 4.26. The van der Waals surface area contributed by atoms with Gasteiger partial charge in [0.15, 0.2) is 5.16 Å². The fourth-order valence-electron chi connectivity index (χ4n) is 2.02. The molecular weight excluding hydrogens is 270 g/mol. The molecule has 5 heteroatoms. The molecule has 0 aliphatic rings. The number of thioether (sulfide) groups is 1. The molecule has 20 heavy (non-hydrogen) atoms. The number of aryl methyl sites for hydroxylation is 1. The lowest BCUT2D eigenvalue weighted by Crippen LogP contribution is -2.33. The van der Waals surface area contributed by atoms with Crippen molar-refractivity contribution in [3.05, 3.63) is 24.3 Å². The van der Waals surface area contributed by atoms with Gasteiger partial charge in [0.05, 0.1) is 16.8 Å². The van der Waals surface area contributed by atoms with E-state index < -0.39 is 0 Å². The van der Waals surface area contributed by atoms with E-state index in [4.69, 9.17) is 0 Å². The Bertz CT molecular complexity index is 594. The number of imidazole rings is 1. The molecule has 1 aromatic carbocycles. The molecular formula is C15H21N3OS.